The molecule has 1 saturated heterocycles. The third kappa shape index (κ3) is 4.68. The molecule has 0 spiro atoms. The van der Waals surface area contributed by atoms with Crippen molar-refractivity contribution in [2.75, 3.05) is 26.2 Å². The van der Waals surface area contributed by atoms with E-state index < -0.39 is 0 Å². The summed E-state index contributed by atoms with van der Waals surface area (Å²) in [6.07, 6.45) is 9.86. The number of halogens is 1. The molecule has 2 heterocycles. The van der Waals surface area contributed by atoms with Crippen molar-refractivity contribution in [1.29, 1.82) is 0 Å². The molecule has 7 heteroatoms. The third-order valence-corrected chi connectivity index (χ3v) is 4.83. The van der Waals surface area contributed by atoms with Crippen LogP contribution in [0.5, 0.6) is 0 Å². The number of carbonyl (C=O) groups is 1. The number of nitrogens with one attached hydrogen (secondary N) is 2. The predicted molar refractivity (Wildman–Crippen MR) is 92.7 cm³/mol. The smallest absolute Gasteiger partial charge is 0.234 e. The van der Waals surface area contributed by atoms with Crippen molar-refractivity contribution >= 4 is 18.3 Å². The zero-order valence-corrected chi connectivity index (χ0v) is 14.6. The zero-order chi connectivity index (χ0) is 15.4. The van der Waals surface area contributed by atoms with Gasteiger partial charge in [-0.05, 0) is 12.8 Å². The lowest BCUT2D eigenvalue weighted by Crippen LogP contribution is -2.51. The molecule has 1 aromatic rings. The second kappa shape index (κ2) is 8.66. The Hall–Kier alpha value is -1.11. The predicted octanol–water partition coefficient (Wildman–Crippen LogP) is 1.24. The van der Waals surface area contributed by atoms with Gasteiger partial charge >= 0.3 is 0 Å². The standard InChI is InChI=1S/C16H27N5O.ClH/c1-20-9-8-18-16(20)14-11-17-7-10-21(14)12-15(22)19-13-5-3-2-4-6-13;/h8-9,13-14,17H,2-7,10-12H2,1H3,(H,19,22);1H. The van der Waals surface area contributed by atoms with E-state index in [2.05, 4.69) is 20.5 Å². The van der Waals surface area contributed by atoms with Gasteiger partial charge in [-0.15, -0.1) is 12.4 Å². The van der Waals surface area contributed by atoms with Gasteiger partial charge in [0.2, 0.25) is 5.91 Å². The molecule has 1 aliphatic heterocycles. The highest BCUT2D eigenvalue weighted by molar-refractivity contribution is 5.85. The summed E-state index contributed by atoms with van der Waals surface area (Å²) in [6.45, 7) is 3.13. The quantitative estimate of drug-likeness (QED) is 0.865. The summed E-state index contributed by atoms with van der Waals surface area (Å²) in [5.41, 5.74) is 0. The van der Waals surface area contributed by atoms with E-state index in [1.54, 1.807) is 0 Å². The summed E-state index contributed by atoms with van der Waals surface area (Å²) in [6, 6.07) is 0.557. The monoisotopic (exact) mass is 341 g/mol. The van der Waals surface area contributed by atoms with Crippen molar-refractivity contribution in [1.82, 2.24) is 25.1 Å². The van der Waals surface area contributed by atoms with E-state index in [1.807, 2.05) is 24.0 Å². The summed E-state index contributed by atoms with van der Waals surface area (Å²) in [5, 5.41) is 6.63. The normalized spacial score (nSPS) is 23.3. The first-order valence-corrected chi connectivity index (χ1v) is 8.45. The van der Waals surface area contributed by atoms with Gasteiger partial charge in [-0.25, -0.2) is 4.98 Å². The van der Waals surface area contributed by atoms with Crippen LogP contribution in [0.15, 0.2) is 12.4 Å². The fraction of sp³-hybridized carbons (Fsp3) is 0.750. The number of aryl methyl sites for hydroxylation is 1. The Labute approximate surface area is 144 Å². The topological polar surface area (TPSA) is 62.2 Å². The van der Waals surface area contributed by atoms with E-state index in [9.17, 15) is 4.79 Å². The van der Waals surface area contributed by atoms with E-state index >= 15 is 0 Å². The summed E-state index contributed by atoms with van der Waals surface area (Å²) < 4.78 is 2.05. The molecule has 1 aliphatic carbocycles. The van der Waals surface area contributed by atoms with E-state index in [1.165, 1.54) is 19.3 Å². The van der Waals surface area contributed by atoms with E-state index in [-0.39, 0.29) is 24.4 Å². The number of nitrogens with zero attached hydrogens (tertiary/aromatic N) is 3. The van der Waals surface area contributed by atoms with Crippen LogP contribution < -0.4 is 10.6 Å². The maximum atomic E-state index is 12.4. The van der Waals surface area contributed by atoms with Gasteiger partial charge in [0.05, 0.1) is 12.6 Å². The van der Waals surface area contributed by atoms with Crippen molar-refractivity contribution in [3.63, 3.8) is 0 Å². The second-order valence-corrected chi connectivity index (χ2v) is 6.49. The lowest BCUT2D eigenvalue weighted by Gasteiger charge is -2.35. The van der Waals surface area contributed by atoms with Crippen LogP contribution in [0.3, 0.4) is 0 Å². The molecule has 1 aromatic heterocycles. The van der Waals surface area contributed by atoms with Gasteiger partial charge < -0.3 is 15.2 Å². The number of aromatic nitrogens is 2. The minimum atomic E-state index is 0. The SMILES string of the molecule is Cl.Cn1ccnc1C1CNCCN1CC(=O)NC1CCCCC1. The minimum absolute atomic E-state index is 0. The average molecular weight is 342 g/mol. The Morgan fingerprint density at radius 2 is 2.17 bits per heavy atom. The zero-order valence-electron chi connectivity index (χ0n) is 13.8. The molecule has 130 valence electrons. The van der Waals surface area contributed by atoms with Crippen LogP contribution in [-0.2, 0) is 11.8 Å². The Bertz CT molecular complexity index is 500. The van der Waals surface area contributed by atoms with Crippen molar-refractivity contribution in [3.05, 3.63) is 18.2 Å². The Morgan fingerprint density at radius 3 is 2.87 bits per heavy atom. The van der Waals surface area contributed by atoms with Crippen molar-refractivity contribution in [2.24, 2.45) is 7.05 Å². The van der Waals surface area contributed by atoms with E-state index in [0.29, 0.717) is 12.6 Å². The molecule has 2 aliphatic rings. The van der Waals surface area contributed by atoms with E-state index in [4.69, 9.17) is 0 Å². The van der Waals surface area contributed by atoms with Gasteiger partial charge in [-0.1, -0.05) is 19.3 Å². The molecule has 1 atom stereocenters. The molecule has 1 unspecified atom stereocenters. The van der Waals surface area contributed by atoms with Gasteiger partial charge in [0.25, 0.3) is 0 Å². The molecular formula is C16H28ClN5O. The van der Waals surface area contributed by atoms with E-state index in [0.717, 1.165) is 38.3 Å². The summed E-state index contributed by atoms with van der Waals surface area (Å²) in [4.78, 5) is 19.1. The molecule has 23 heavy (non-hydrogen) atoms. The first kappa shape index (κ1) is 18.2. The fourth-order valence-electron chi connectivity index (χ4n) is 3.59. The van der Waals surface area contributed by atoms with Crippen LogP contribution in [0.2, 0.25) is 0 Å². The van der Waals surface area contributed by atoms with Gasteiger partial charge in [-0.2, -0.15) is 0 Å². The summed E-state index contributed by atoms with van der Waals surface area (Å²) in [7, 11) is 2.01. The van der Waals surface area contributed by atoms with Gasteiger partial charge in [-0.3, -0.25) is 9.69 Å². The molecular weight excluding hydrogens is 314 g/mol. The van der Waals surface area contributed by atoms with Crippen molar-refractivity contribution in [2.45, 2.75) is 44.2 Å². The molecule has 0 aromatic carbocycles. The Balaban J connectivity index is 0.00000192. The molecule has 2 N–H and O–H groups in total. The van der Waals surface area contributed by atoms with Crippen LogP contribution in [0, 0.1) is 0 Å². The number of piperazine rings is 1. The number of hydrogen-bond acceptors (Lipinski definition) is 4. The number of rotatable bonds is 4. The molecule has 2 fully saturated rings. The van der Waals surface area contributed by atoms with Gasteiger partial charge in [0.15, 0.2) is 0 Å². The Morgan fingerprint density at radius 1 is 1.39 bits per heavy atom. The van der Waals surface area contributed by atoms with Gasteiger partial charge in [0.1, 0.15) is 5.82 Å². The highest BCUT2D eigenvalue weighted by Crippen LogP contribution is 2.20. The van der Waals surface area contributed by atoms with Crippen LogP contribution in [0.25, 0.3) is 0 Å². The highest BCUT2D eigenvalue weighted by Gasteiger charge is 2.28. The maximum absolute atomic E-state index is 12.4. The first-order chi connectivity index (χ1) is 10.7. The second-order valence-electron chi connectivity index (χ2n) is 6.49. The molecule has 1 amide bonds. The van der Waals surface area contributed by atoms with Gasteiger partial charge in [0, 0.05) is 45.1 Å². The summed E-state index contributed by atoms with van der Waals surface area (Å²) >= 11 is 0. The number of carbonyl (C=O) groups excluding carboxylic acids is 1. The fourth-order valence-corrected chi connectivity index (χ4v) is 3.59. The third-order valence-electron chi connectivity index (χ3n) is 4.83. The van der Waals surface area contributed by atoms with Crippen LogP contribution in [0.4, 0.5) is 0 Å². The minimum Gasteiger partial charge on any atom is -0.352 e. The van der Waals surface area contributed by atoms with Crippen LogP contribution in [-0.4, -0.2) is 52.6 Å². The van der Waals surface area contributed by atoms with Crippen molar-refractivity contribution in [3.8, 4) is 0 Å². The first-order valence-electron chi connectivity index (χ1n) is 8.45. The molecule has 3 rings (SSSR count). The lowest BCUT2D eigenvalue weighted by atomic mass is 9.95. The molecule has 6 nitrogen and oxygen atoms in total. The maximum Gasteiger partial charge on any atom is 0.234 e. The van der Waals surface area contributed by atoms with Crippen molar-refractivity contribution < 1.29 is 4.79 Å². The Kier molecular flexibility index (Phi) is 6.87. The molecule has 0 radical (unpaired) electrons. The molecule has 1 saturated carbocycles. The van der Waals surface area contributed by atoms with Crippen LogP contribution >= 0.6 is 12.4 Å². The highest BCUT2D eigenvalue weighted by atomic mass is 35.5. The molecule has 0 bridgehead atoms. The average Bonchev–Trinajstić information content (AvgIpc) is 2.95. The number of imidazole rings is 1. The van der Waals surface area contributed by atoms with Crippen LogP contribution in [0.1, 0.15) is 44.0 Å². The summed E-state index contributed by atoms with van der Waals surface area (Å²) in [5.74, 6) is 1.19. The number of amides is 1. The number of hydrogen-bond donors (Lipinski definition) is 2. The largest absolute Gasteiger partial charge is 0.352 e. The lowest BCUT2D eigenvalue weighted by molar-refractivity contribution is -0.124.